The van der Waals surface area contributed by atoms with Gasteiger partial charge in [0.25, 0.3) is 0 Å². The number of nitrogens with two attached hydrogens (primary N) is 1. The first-order valence-electron chi connectivity index (χ1n) is 3.96. The number of β-lactam (4-membered cyclic amide) rings is 1. The first-order chi connectivity index (χ1) is 6.44. The highest BCUT2D eigenvalue weighted by molar-refractivity contribution is 7.93. The summed E-state index contributed by atoms with van der Waals surface area (Å²) in [6.45, 7) is 0. The van der Waals surface area contributed by atoms with E-state index in [2.05, 4.69) is 0 Å². The molecule has 7 heteroatoms. The lowest BCUT2D eigenvalue weighted by Gasteiger charge is -2.40. The molecule has 14 heavy (non-hydrogen) atoms. The summed E-state index contributed by atoms with van der Waals surface area (Å²) >= 11 is 0. The highest BCUT2D eigenvalue weighted by Gasteiger charge is 2.50. The number of fused-ring (bicyclic) bond motifs is 1. The standard InChI is InChI=1S/C7H8N2O4S/c8-7(11)4-1-2-9-5(10)3-6(9)14(4,12)13/h1-2,4,6H,3H2,(H2,8,11)/t4?,6-/m1/s1. The van der Waals surface area contributed by atoms with Crippen LogP contribution in [0.3, 0.4) is 0 Å². The second-order valence-corrected chi connectivity index (χ2v) is 5.44. The van der Waals surface area contributed by atoms with Gasteiger partial charge >= 0.3 is 0 Å². The fourth-order valence-corrected chi connectivity index (χ4v) is 3.39. The molecule has 2 amide bonds. The predicted octanol–water partition coefficient (Wildman–Crippen LogP) is -1.66. The van der Waals surface area contributed by atoms with Crippen LogP contribution in [0.2, 0.25) is 0 Å². The number of carbonyl (C=O) groups excluding carboxylic acids is 2. The molecule has 0 radical (unpaired) electrons. The van der Waals surface area contributed by atoms with Crippen molar-refractivity contribution >= 4 is 21.7 Å². The Balaban J connectivity index is 2.43. The summed E-state index contributed by atoms with van der Waals surface area (Å²) in [5.74, 6) is -1.15. The van der Waals surface area contributed by atoms with Gasteiger partial charge in [-0.15, -0.1) is 0 Å². The normalized spacial score (nSPS) is 33.4. The minimum atomic E-state index is -3.65. The molecular formula is C7H8N2O4S. The van der Waals surface area contributed by atoms with E-state index in [1.165, 1.54) is 6.20 Å². The number of sulfone groups is 1. The summed E-state index contributed by atoms with van der Waals surface area (Å²) in [5.41, 5.74) is 4.94. The minimum absolute atomic E-state index is 0.0591. The number of carbonyl (C=O) groups is 2. The van der Waals surface area contributed by atoms with Crippen LogP contribution in [0.15, 0.2) is 12.3 Å². The molecule has 1 fully saturated rings. The molecule has 2 atom stereocenters. The van der Waals surface area contributed by atoms with E-state index in [9.17, 15) is 18.0 Å². The zero-order chi connectivity index (χ0) is 10.5. The Morgan fingerprint density at radius 1 is 1.57 bits per heavy atom. The van der Waals surface area contributed by atoms with Crippen molar-refractivity contribution in [3.8, 4) is 0 Å². The van der Waals surface area contributed by atoms with Gasteiger partial charge in [0.2, 0.25) is 11.8 Å². The second-order valence-electron chi connectivity index (χ2n) is 3.21. The lowest BCUT2D eigenvalue weighted by atomic mass is 10.2. The average Bonchev–Trinajstić information content (AvgIpc) is 2.05. The van der Waals surface area contributed by atoms with Gasteiger partial charge in [0.05, 0.1) is 6.42 Å². The molecule has 2 rings (SSSR count). The zero-order valence-corrected chi connectivity index (χ0v) is 7.90. The van der Waals surface area contributed by atoms with E-state index in [0.29, 0.717) is 0 Å². The molecule has 0 aromatic carbocycles. The molecule has 1 saturated heterocycles. The highest BCUT2D eigenvalue weighted by atomic mass is 32.2. The van der Waals surface area contributed by atoms with Crippen LogP contribution in [0, 0.1) is 0 Å². The molecule has 6 nitrogen and oxygen atoms in total. The summed E-state index contributed by atoms with van der Waals surface area (Å²) < 4.78 is 23.2. The van der Waals surface area contributed by atoms with E-state index in [0.717, 1.165) is 11.0 Å². The maximum absolute atomic E-state index is 11.6. The minimum Gasteiger partial charge on any atom is -0.368 e. The zero-order valence-electron chi connectivity index (χ0n) is 7.08. The molecule has 2 aliphatic heterocycles. The number of amides is 2. The monoisotopic (exact) mass is 216 g/mol. The number of primary amides is 1. The van der Waals surface area contributed by atoms with Gasteiger partial charge in [0, 0.05) is 6.20 Å². The van der Waals surface area contributed by atoms with E-state index >= 15 is 0 Å². The van der Waals surface area contributed by atoms with Crippen molar-refractivity contribution in [2.45, 2.75) is 17.0 Å². The number of hydrogen-bond donors (Lipinski definition) is 1. The summed E-state index contributed by atoms with van der Waals surface area (Å²) in [6, 6.07) is 0. The van der Waals surface area contributed by atoms with E-state index in [1.54, 1.807) is 0 Å². The predicted molar refractivity (Wildman–Crippen MR) is 46.3 cm³/mol. The maximum atomic E-state index is 11.6. The molecule has 0 aromatic rings. The third-order valence-electron chi connectivity index (χ3n) is 2.38. The first kappa shape index (κ1) is 9.20. The van der Waals surface area contributed by atoms with Gasteiger partial charge in [-0.25, -0.2) is 8.42 Å². The van der Waals surface area contributed by atoms with Gasteiger partial charge in [-0.2, -0.15) is 0 Å². The van der Waals surface area contributed by atoms with E-state index < -0.39 is 26.4 Å². The fourth-order valence-electron chi connectivity index (χ4n) is 1.56. The Morgan fingerprint density at radius 3 is 2.71 bits per heavy atom. The van der Waals surface area contributed by atoms with E-state index in [-0.39, 0.29) is 12.3 Å². The summed E-state index contributed by atoms with van der Waals surface area (Å²) in [6.07, 6.45) is 2.40. The molecule has 0 aliphatic carbocycles. The molecule has 0 saturated carbocycles. The molecule has 2 aliphatic rings. The third kappa shape index (κ3) is 0.985. The molecule has 2 N–H and O–H groups in total. The summed E-state index contributed by atoms with van der Waals surface area (Å²) in [4.78, 5) is 22.8. The van der Waals surface area contributed by atoms with Crippen LogP contribution in [0.25, 0.3) is 0 Å². The molecule has 1 unspecified atom stereocenters. The van der Waals surface area contributed by atoms with Crippen LogP contribution in [0.4, 0.5) is 0 Å². The van der Waals surface area contributed by atoms with Gasteiger partial charge in [0.1, 0.15) is 5.37 Å². The molecule has 0 aromatic heterocycles. The maximum Gasteiger partial charge on any atom is 0.239 e. The fraction of sp³-hybridized carbons (Fsp3) is 0.429. The number of hydrogen-bond acceptors (Lipinski definition) is 4. The highest BCUT2D eigenvalue weighted by Crippen LogP contribution is 2.31. The molecule has 0 spiro atoms. The topological polar surface area (TPSA) is 97.5 Å². The second kappa shape index (κ2) is 2.57. The van der Waals surface area contributed by atoms with Crippen molar-refractivity contribution in [1.29, 1.82) is 0 Å². The van der Waals surface area contributed by atoms with Gasteiger partial charge in [-0.1, -0.05) is 0 Å². The van der Waals surface area contributed by atoms with Crippen LogP contribution in [0.1, 0.15) is 6.42 Å². The lowest BCUT2D eigenvalue weighted by Crippen LogP contribution is -2.59. The van der Waals surface area contributed by atoms with Gasteiger partial charge < -0.3 is 10.6 Å². The Morgan fingerprint density at radius 2 is 2.21 bits per heavy atom. The van der Waals surface area contributed by atoms with Crippen molar-refractivity contribution in [1.82, 2.24) is 4.90 Å². The Bertz CT molecular complexity index is 439. The van der Waals surface area contributed by atoms with Gasteiger partial charge in [0.15, 0.2) is 15.1 Å². The van der Waals surface area contributed by atoms with Crippen molar-refractivity contribution < 1.29 is 18.0 Å². The van der Waals surface area contributed by atoms with Gasteiger partial charge in [-0.05, 0) is 6.08 Å². The van der Waals surface area contributed by atoms with E-state index in [1.807, 2.05) is 0 Å². The Labute approximate surface area is 80.3 Å². The van der Waals surface area contributed by atoms with Crippen molar-refractivity contribution in [3.05, 3.63) is 12.3 Å². The van der Waals surface area contributed by atoms with E-state index in [4.69, 9.17) is 5.73 Å². The molecule has 0 bridgehead atoms. The smallest absolute Gasteiger partial charge is 0.239 e. The number of nitrogens with zero attached hydrogens (tertiary/aromatic N) is 1. The quantitative estimate of drug-likeness (QED) is 0.530. The lowest BCUT2D eigenvalue weighted by molar-refractivity contribution is -0.138. The molecule has 2 heterocycles. The summed E-state index contributed by atoms with van der Waals surface area (Å²) in [5, 5.41) is -2.19. The Kier molecular flexibility index (Phi) is 1.69. The largest absolute Gasteiger partial charge is 0.368 e. The first-order valence-corrected chi connectivity index (χ1v) is 5.57. The number of rotatable bonds is 1. The SMILES string of the molecule is NC(=O)C1C=CN2C(=O)C[C@H]2S1(=O)=O. The molecule has 76 valence electrons. The van der Waals surface area contributed by atoms with Crippen molar-refractivity contribution in [3.63, 3.8) is 0 Å². The summed E-state index contributed by atoms with van der Waals surface area (Å²) in [7, 11) is -3.65. The third-order valence-corrected chi connectivity index (χ3v) is 4.63. The molecular weight excluding hydrogens is 208 g/mol. The van der Waals surface area contributed by atoms with Crippen LogP contribution >= 0.6 is 0 Å². The van der Waals surface area contributed by atoms with Crippen LogP contribution < -0.4 is 5.73 Å². The Hall–Kier alpha value is -1.37. The van der Waals surface area contributed by atoms with Crippen molar-refractivity contribution in [2.24, 2.45) is 5.73 Å². The van der Waals surface area contributed by atoms with Crippen LogP contribution in [-0.2, 0) is 19.4 Å². The average molecular weight is 216 g/mol. The van der Waals surface area contributed by atoms with Crippen LogP contribution in [-0.4, -0.2) is 35.8 Å². The van der Waals surface area contributed by atoms with Gasteiger partial charge in [-0.3, -0.25) is 9.59 Å². The van der Waals surface area contributed by atoms with Crippen LogP contribution in [0.5, 0.6) is 0 Å². The van der Waals surface area contributed by atoms with Crippen molar-refractivity contribution in [2.75, 3.05) is 0 Å².